The molecule has 6 heteroatoms. The zero-order valence-electron chi connectivity index (χ0n) is 13.9. The number of nitrogens with zero attached hydrogens (tertiary/aromatic N) is 4. The van der Waals surface area contributed by atoms with Gasteiger partial charge in [0.25, 0.3) is 0 Å². The molecule has 1 aliphatic carbocycles. The lowest BCUT2D eigenvalue weighted by Gasteiger charge is -2.21. The number of H-pyrrole nitrogens is 1. The van der Waals surface area contributed by atoms with Crippen molar-refractivity contribution in [2.75, 3.05) is 0 Å². The van der Waals surface area contributed by atoms with Crippen LogP contribution in [0, 0.1) is 17.2 Å². The lowest BCUT2D eigenvalue weighted by atomic mass is 9.89. The Labute approximate surface area is 145 Å². The first-order chi connectivity index (χ1) is 12.2. The smallest absolute Gasteiger partial charge is 0.289 e. The zero-order valence-corrected chi connectivity index (χ0v) is 13.9. The van der Waals surface area contributed by atoms with Crippen LogP contribution in [0.1, 0.15) is 37.7 Å². The van der Waals surface area contributed by atoms with Crippen LogP contribution in [0.3, 0.4) is 0 Å². The lowest BCUT2D eigenvalue weighted by molar-refractivity contribution is 0.319. The number of benzene rings is 1. The van der Waals surface area contributed by atoms with Gasteiger partial charge in [0.05, 0.1) is 23.5 Å². The van der Waals surface area contributed by atoms with Crippen molar-refractivity contribution >= 4 is 11.3 Å². The summed E-state index contributed by atoms with van der Waals surface area (Å²) < 4.78 is 1.72. The van der Waals surface area contributed by atoms with Crippen molar-refractivity contribution in [1.29, 1.82) is 5.26 Å². The summed E-state index contributed by atoms with van der Waals surface area (Å²) in [6.07, 6.45) is 7.73. The fourth-order valence-electron chi connectivity index (χ4n) is 3.61. The molecular weight excluding hydrogens is 314 g/mol. The highest BCUT2D eigenvalue weighted by Crippen LogP contribution is 2.26. The molecule has 1 aliphatic rings. The molecule has 1 N–H and O–H groups in total. The molecule has 0 unspecified atom stereocenters. The Morgan fingerprint density at radius 2 is 2.12 bits per heavy atom. The molecule has 0 amide bonds. The molecule has 126 valence electrons. The molecule has 6 nitrogen and oxygen atoms in total. The van der Waals surface area contributed by atoms with E-state index >= 15 is 0 Å². The summed E-state index contributed by atoms with van der Waals surface area (Å²) in [6, 6.07) is 9.39. The molecular formula is C19H19N5O. The third-order valence-electron chi connectivity index (χ3n) is 4.93. The quantitative estimate of drug-likeness (QED) is 0.797. The summed E-state index contributed by atoms with van der Waals surface area (Å²) in [7, 11) is 0. The fourth-order valence-corrected chi connectivity index (χ4v) is 3.61. The maximum atomic E-state index is 12.3. The first kappa shape index (κ1) is 15.6. The average molecular weight is 333 g/mol. The van der Waals surface area contributed by atoms with Gasteiger partial charge in [-0.05, 0) is 30.9 Å². The predicted molar refractivity (Wildman–Crippen MR) is 94.9 cm³/mol. The van der Waals surface area contributed by atoms with Gasteiger partial charge in [0.2, 0.25) is 0 Å². The summed E-state index contributed by atoms with van der Waals surface area (Å²) in [6.45, 7) is 0.690. The number of nitrogens with one attached hydrogen (secondary N) is 1. The number of aromatic nitrogens is 4. The third kappa shape index (κ3) is 3.05. The number of rotatable bonds is 3. The van der Waals surface area contributed by atoms with Gasteiger partial charge in [0, 0.05) is 12.1 Å². The number of hydrogen-bond acceptors (Lipinski definition) is 4. The van der Waals surface area contributed by atoms with E-state index in [0.717, 1.165) is 18.4 Å². The molecule has 1 fully saturated rings. The summed E-state index contributed by atoms with van der Waals surface area (Å²) >= 11 is 0. The Hall–Kier alpha value is -2.94. The van der Waals surface area contributed by atoms with Crippen LogP contribution >= 0.6 is 0 Å². The van der Waals surface area contributed by atoms with Crippen molar-refractivity contribution in [3.8, 4) is 17.3 Å². The molecule has 2 aromatic heterocycles. The van der Waals surface area contributed by atoms with Crippen LogP contribution in [-0.4, -0.2) is 19.5 Å². The Morgan fingerprint density at radius 1 is 1.28 bits per heavy atom. The molecule has 0 radical (unpaired) electrons. The Balaban J connectivity index is 1.75. The van der Waals surface area contributed by atoms with Gasteiger partial charge >= 0.3 is 5.69 Å². The van der Waals surface area contributed by atoms with Gasteiger partial charge in [0.1, 0.15) is 0 Å². The van der Waals surface area contributed by atoms with Gasteiger partial charge < -0.3 is 0 Å². The molecule has 2 heterocycles. The lowest BCUT2D eigenvalue weighted by Crippen LogP contribution is -2.23. The van der Waals surface area contributed by atoms with E-state index in [2.05, 4.69) is 21.0 Å². The van der Waals surface area contributed by atoms with Gasteiger partial charge in [-0.1, -0.05) is 31.4 Å². The fraction of sp³-hybridized carbons (Fsp3) is 0.368. The van der Waals surface area contributed by atoms with Crippen LogP contribution in [0.25, 0.3) is 22.6 Å². The number of hydrogen-bond donors (Lipinski definition) is 1. The van der Waals surface area contributed by atoms with E-state index < -0.39 is 0 Å². The number of imidazole rings is 1. The van der Waals surface area contributed by atoms with Crippen molar-refractivity contribution in [2.45, 2.75) is 38.6 Å². The second-order valence-electron chi connectivity index (χ2n) is 6.66. The molecule has 3 aromatic rings. The third-order valence-corrected chi connectivity index (χ3v) is 4.93. The monoisotopic (exact) mass is 333 g/mol. The van der Waals surface area contributed by atoms with E-state index in [1.165, 1.54) is 19.3 Å². The molecule has 1 aromatic carbocycles. The van der Waals surface area contributed by atoms with Crippen LogP contribution in [0.15, 0.2) is 35.3 Å². The van der Waals surface area contributed by atoms with E-state index in [1.807, 2.05) is 12.1 Å². The van der Waals surface area contributed by atoms with Crippen molar-refractivity contribution in [3.05, 3.63) is 46.5 Å². The Kier molecular flexibility index (Phi) is 4.06. The van der Waals surface area contributed by atoms with Gasteiger partial charge in [-0.15, -0.1) is 0 Å². The van der Waals surface area contributed by atoms with E-state index in [9.17, 15) is 4.79 Å². The van der Waals surface area contributed by atoms with E-state index in [-0.39, 0.29) is 5.69 Å². The molecule has 0 saturated heterocycles. The molecule has 1 saturated carbocycles. The molecule has 0 spiro atoms. The maximum Gasteiger partial charge on any atom is 0.328 e. The highest BCUT2D eigenvalue weighted by molar-refractivity contribution is 5.71. The normalized spacial score (nSPS) is 15.3. The minimum atomic E-state index is -0.150. The summed E-state index contributed by atoms with van der Waals surface area (Å²) in [5.74, 6) is 0.526. The number of nitriles is 1. The van der Waals surface area contributed by atoms with Crippen molar-refractivity contribution in [2.24, 2.45) is 5.92 Å². The Morgan fingerprint density at radius 3 is 2.92 bits per heavy atom. The van der Waals surface area contributed by atoms with E-state index in [0.29, 0.717) is 35.0 Å². The number of aromatic amines is 1. The molecule has 25 heavy (non-hydrogen) atoms. The first-order valence-electron chi connectivity index (χ1n) is 8.70. The largest absolute Gasteiger partial charge is 0.328 e. The van der Waals surface area contributed by atoms with E-state index in [4.69, 9.17) is 5.26 Å². The first-order valence-corrected chi connectivity index (χ1v) is 8.70. The molecule has 0 atom stereocenters. The van der Waals surface area contributed by atoms with Crippen molar-refractivity contribution < 1.29 is 0 Å². The summed E-state index contributed by atoms with van der Waals surface area (Å²) in [5, 5.41) is 9.07. The highest BCUT2D eigenvalue weighted by atomic mass is 16.1. The van der Waals surface area contributed by atoms with Crippen LogP contribution < -0.4 is 5.69 Å². The van der Waals surface area contributed by atoms with E-state index in [1.54, 1.807) is 22.9 Å². The van der Waals surface area contributed by atoms with Crippen molar-refractivity contribution in [3.63, 3.8) is 0 Å². The molecule has 4 rings (SSSR count). The van der Waals surface area contributed by atoms with Crippen LogP contribution in [0.4, 0.5) is 0 Å². The average Bonchev–Trinajstić information content (AvgIpc) is 2.97. The minimum Gasteiger partial charge on any atom is -0.289 e. The SMILES string of the molecule is N#Cc1cccc(-c2cnc3[nH]c(=O)n(CC4CCCCC4)c3n2)c1. The topological polar surface area (TPSA) is 87.4 Å². The van der Waals surface area contributed by atoms with Gasteiger partial charge in [0.15, 0.2) is 11.3 Å². The highest BCUT2D eigenvalue weighted by Gasteiger charge is 2.18. The second kappa shape index (κ2) is 6.52. The Bertz CT molecular complexity index is 1000. The second-order valence-corrected chi connectivity index (χ2v) is 6.66. The predicted octanol–water partition coefficient (Wildman–Crippen LogP) is 3.24. The molecule has 0 aliphatic heterocycles. The van der Waals surface area contributed by atoms with Gasteiger partial charge in [-0.2, -0.15) is 5.26 Å². The standard InChI is InChI=1S/C19H19N5O/c20-10-14-7-4-8-15(9-14)16-11-21-17-18(22-16)24(19(25)23-17)12-13-5-2-1-3-6-13/h4,7-9,11,13H,1-3,5-6,12H2,(H,21,23,25). The summed E-state index contributed by atoms with van der Waals surface area (Å²) in [4.78, 5) is 24.2. The zero-order chi connectivity index (χ0) is 17.2. The number of fused-ring (bicyclic) bond motifs is 1. The maximum absolute atomic E-state index is 12.3. The van der Waals surface area contributed by atoms with Crippen LogP contribution in [-0.2, 0) is 6.54 Å². The summed E-state index contributed by atoms with van der Waals surface area (Å²) in [5.41, 5.74) is 3.03. The van der Waals surface area contributed by atoms with Gasteiger partial charge in [-0.25, -0.2) is 14.8 Å². The molecule has 0 bridgehead atoms. The van der Waals surface area contributed by atoms with Crippen molar-refractivity contribution in [1.82, 2.24) is 19.5 Å². The van der Waals surface area contributed by atoms with Crippen LogP contribution in [0.5, 0.6) is 0 Å². The van der Waals surface area contributed by atoms with Gasteiger partial charge in [-0.3, -0.25) is 9.55 Å². The van der Waals surface area contributed by atoms with Crippen LogP contribution in [0.2, 0.25) is 0 Å². The minimum absolute atomic E-state index is 0.150.